The SMILES string of the molecule is Cl.N[C@H](c1ccc(O)c(O)c1)C1CCCCC1. The van der Waals surface area contributed by atoms with Gasteiger partial charge in [-0.05, 0) is 36.5 Å². The van der Waals surface area contributed by atoms with Gasteiger partial charge in [0.2, 0.25) is 0 Å². The van der Waals surface area contributed by atoms with E-state index in [9.17, 15) is 10.2 Å². The zero-order chi connectivity index (χ0) is 11.5. The zero-order valence-electron chi connectivity index (χ0n) is 9.80. The van der Waals surface area contributed by atoms with Crippen LogP contribution >= 0.6 is 12.4 Å². The molecule has 1 atom stereocenters. The minimum atomic E-state index is -0.0837. The summed E-state index contributed by atoms with van der Waals surface area (Å²) in [4.78, 5) is 0. The van der Waals surface area contributed by atoms with Gasteiger partial charge in [-0.15, -0.1) is 12.4 Å². The van der Waals surface area contributed by atoms with Crippen LogP contribution in [0.2, 0.25) is 0 Å². The molecule has 0 amide bonds. The Balaban J connectivity index is 0.00000144. The molecule has 1 aromatic carbocycles. The van der Waals surface area contributed by atoms with Gasteiger partial charge in [-0.2, -0.15) is 0 Å². The van der Waals surface area contributed by atoms with Crippen molar-refractivity contribution in [2.24, 2.45) is 11.7 Å². The van der Waals surface area contributed by atoms with Crippen LogP contribution in [0.25, 0.3) is 0 Å². The molecule has 1 aliphatic rings. The first-order valence-corrected chi connectivity index (χ1v) is 5.96. The van der Waals surface area contributed by atoms with Gasteiger partial charge in [-0.1, -0.05) is 25.3 Å². The van der Waals surface area contributed by atoms with Gasteiger partial charge in [0.1, 0.15) is 0 Å². The predicted molar refractivity (Wildman–Crippen MR) is 70.5 cm³/mol. The Kier molecular flexibility index (Phi) is 5.09. The van der Waals surface area contributed by atoms with Crippen molar-refractivity contribution < 1.29 is 10.2 Å². The van der Waals surface area contributed by atoms with Gasteiger partial charge in [-0.3, -0.25) is 0 Å². The quantitative estimate of drug-likeness (QED) is 0.714. The number of phenols is 2. The lowest BCUT2D eigenvalue weighted by atomic mass is 9.81. The number of phenolic OH excluding ortho intramolecular Hbond substituents is 2. The fourth-order valence-electron chi connectivity index (χ4n) is 2.51. The number of hydrogen-bond donors (Lipinski definition) is 3. The van der Waals surface area contributed by atoms with Crippen LogP contribution in [-0.4, -0.2) is 10.2 Å². The van der Waals surface area contributed by atoms with E-state index in [1.807, 2.05) is 0 Å². The Bertz CT molecular complexity index is 364. The highest BCUT2D eigenvalue weighted by Gasteiger charge is 2.22. The maximum absolute atomic E-state index is 9.44. The van der Waals surface area contributed by atoms with Crippen LogP contribution in [-0.2, 0) is 0 Å². The Hall–Kier alpha value is -0.930. The molecule has 2 rings (SSSR count). The standard InChI is InChI=1S/C13H19NO2.ClH/c14-13(9-4-2-1-3-5-9)10-6-7-11(15)12(16)8-10;/h6-9,13,15-16H,1-5,14H2;1H/t13-;/m0./s1. The summed E-state index contributed by atoms with van der Waals surface area (Å²) >= 11 is 0. The van der Waals surface area contributed by atoms with E-state index in [1.54, 1.807) is 12.1 Å². The van der Waals surface area contributed by atoms with Gasteiger partial charge >= 0.3 is 0 Å². The van der Waals surface area contributed by atoms with Crippen LogP contribution in [0.1, 0.15) is 43.7 Å². The highest BCUT2D eigenvalue weighted by atomic mass is 35.5. The molecule has 96 valence electrons. The summed E-state index contributed by atoms with van der Waals surface area (Å²) in [5, 5.41) is 18.7. The molecule has 0 bridgehead atoms. The summed E-state index contributed by atoms with van der Waals surface area (Å²) < 4.78 is 0. The van der Waals surface area contributed by atoms with E-state index >= 15 is 0 Å². The second-order valence-electron chi connectivity index (χ2n) is 4.67. The molecule has 0 aromatic heterocycles. The van der Waals surface area contributed by atoms with Crippen LogP contribution in [0.5, 0.6) is 11.5 Å². The molecule has 0 spiro atoms. The number of rotatable bonds is 2. The molecule has 4 N–H and O–H groups in total. The summed E-state index contributed by atoms with van der Waals surface area (Å²) in [5.41, 5.74) is 7.11. The van der Waals surface area contributed by atoms with Crippen molar-refractivity contribution in [2.45, 2.75) is 38.1 Å². The average Bonchev–Trinajstić information content (AvgIpc) is 2.33. The molecule has 17 heavy (non-hydrogen) atoms. The van der Waals surface area contributed by atoms with Crippen molar-refractivity contribution in [3.8, 4) is 11.5 Å². The van der Waals surface area contributed by atoms with Crippen LogP contribution in [0, 0.1) is 5.92 Å². The summed E-state index contributed by atoms with van der Waals surface area (Å²) in [6.07, 6.45) is 6.15. The first-order valence-electron chi connectivity index (χ1n) is 5.96. The molecule has 0 saturated heterocycles. The maximum Gasteiger partial charge on any atom is 0.157 e. The topological polar surface area (TPSA) is 66.5 Å². The molecule has 1 aromatic rings. The molecular weight excluding hydrogens is 238 g/mol. The number of nitrogens with two attached hydrogens (primary N) is 1. The monoisotopic (exact) mass is 257 g/mol. The number of hydrogen-bond acceptors (Lipinski definition) is 3. The molecule has 0 unspecified atom stereocenters. The zero-order valence-corrected chi connectivity index (χ0v) is 10.6. The molecule has 1 fully saturated rings. The van der Waals surface area contributed by atoms with Crippen LogP contribution in [0.4, 0.5) is 0 Å². The smallest absolute Gasteiger partial charge is 0.157 e. The van der Waals surface area contributed by atoms with Gasteiger partial charge in [0.15, 0.2) is 11.5 Å². The van der Waals surface area contributed by atoms with E-state index < -0.39 is 0 Å². The first-order chi connectivity index (χ1) is 7.68. The van der Waals surface area contributed by atoms with Gasteiger partial charge in [0.05, 0.1) is 0 Å². The normalized spacial score (nSPS) is 18.4. The Morgan fingerprint density at radius 3 is 2.29 bits per heavy atom. The Morgan fingerprint density at radius 2 is 1.71 bits per heavy atom. The minimum Gasteiger partial charge on any atom is -0.504 e. The van der Waals surface area contributed by atoms with Crippen LogP contribution < -0.4 is 5.73 Å². The fraction of sp³-hybridized carbons (Fsp3) is 0.538. The summed E-state index contributed by atoms with van der Waals surface area (Å²) in [6, 6.07) is 4.86. The van der Waals surface area contributed by atoms with Crippen molar-refractivity contribution in [1.29, 1.82) is 0 Å². The van der Waals surface area contributed by atoms with E-state index in [-0.39, 0.29) is 29.9 Å². The molecular formula is C13H20ClNO2. The predicted octanol–water partition coefficient (Wildman–Crippen LogP) is 3.10. The molecule has 3 nitrogen and oxygen atoms in total. The van der Waals surface area contributed by atoms with Crippen molar-refractivity contribution in [3.63, 3.8) is 0 Å². The minimum absolute atomic E-state index is 0. The van der Waals surface area contributed by atoms with Gasteiger partial charge in [0.25, 0.3) is 0 Å². The largest absolute Gasteiger partial charge is 0.504 e. The highest BCUT2D eigenvalue weighted by molar-refractivity contribution is 5.85. The second kappa shape index (κ2) is 6.12. The van der Waals surface area contributed by atoms with Crippen LogP contribution in [0.15, 0.2) is 18.2 Å². The third kappa shape index (κ3) is 3.27. The molecule has 1 aliphatic carbocycles. The van der Waals surface area contributed by atoms with Crippen molar-refractivity contribution >= 4 is 12.4 Å². The van der Waals surface area contributed by atoms with Gasteiger partial charge in [0, 0.05) is 6.04 Å². The van der Waals surface area contributed by atoms with Crippen molar-refractivity contribution in [2.75, 3.05) is 0 Å². The third-order valence-electron chi connectivity index (χ3n) is 3.54. The van der Waals surface area contributed by atoms with Crippen LogP contribution in [0.3, 0.4) is 0 Å². The number of halogens is 1. The third-order valence-corrected chi connectivity index (χ3v) is 3.54. The van der Waals surface area contributed by atoms with E-state index in [0.717, 1.165) is 5.56 Å². The van der Waals surface area contributed by atoms with Crippen molar-refractivity contribution in [3.05, 3.63) is 23.8 Å². The van der Waals surface area contributed by atoms with E-state index in [4.69, 9.17) is 5.73 Å². The summed E-state index contributed by atoms with van der Waals surface area (Å²) in [7, 11) is 0. The fourth-order valence-corrected chi connectivity index (χ4v) is 2.51. The molecule has 0 heterocycles. The summed E-state index contributed by atoms with van der Waals surface area (Å²) in [6.45, 7) is 0. The second-order valence-corrected chi connectivity index (χ2v) is 4.67. The van der Waals surface area contributed by atoms with E-state index in [2.05, 4.69) is 0 Å². The first kappa shape index (κ1) is 14.1. The maximum atomic E-state index is 9.44. The lowest BCUT2D eigenvalue weighted by molar-refractivity contribution is 0.307. The molecule has 0 radical (unpaired) electrons. The molecule has 4 heteroatoms. The molecule has 0 aliphatic heterocycles. The lowest BCUT2D eigenvalue weighted by Gasteiger charge is -2.27. The number of benzene rings is 1. The van der Waals surface area contributed by atoms with Crippen molar-refractivity contribution in [1.82, 2.24) is 0 Å². The molecule has 1 saturated carbocycles. The van der Waals surface area contributed by atoms with E-state index in [1.165, 1.54) is 38.2 Å². The Morgan fingerprint density at radius 1 is 1.06 bits per heavy atom. The van der Waals surface area contributed by atoms with E-state index in [0.29, 0.717) is 5.92 Å². The Labute approximate surface area is 108 Å². The van der Waals surface area contributed by atoms with Gasteiger partial charge in [-0.25, -0.2) is 0 Å². The summed E-state index contributed by atoms with van der Waals surface area (Å²) in [5.74, 6) is 0.348. The lowest BCUT2D eigenvalue weighted by Crippen LogP contribution is -2.23. The highest BCUT2D eigenvalue weighted by Crippen LogP contribution is 2.35. The average molecular weight is 258 g/mol. The van der Waals surface area contributed by atoms with Gasteiger partial charge < -0.3 is 15.9 Å². The number of aromatic hydroxyl groups is 2.